The van der Waals surface area contributed by atoms with Crippen LogP contribution in [0.2, 0.25) is 0 Å². The number of carboxylic acid groups (broad SMARTS) is 1. The number of thiophene rings is 1. The minimum atomic E-state index is -0.851. The Morgan fingerprint density at radius 1 is 1.50 bits per heavy atom. The Kier molecular flexibility index (Phi) is 5.01. The third kappa shape index (κ3) is 2.86. The van der Waals surface area contributed by atoms with Crippen LogP contribution in [0.4, 0.5) is 0 Å². The zero-order valence-electron chi connectivity index (χ0n) is 14.0. The molecule has 2 aromatic rings. The van der Waals surface area contributed by atoms with Crippen LogP contribution in [0, 0.1) is 0 Å². The highest BCUT2D eigenvalue weighted by Crippen LogP contribution is 2.42. The number of aromatic nitrogens is 2. The van der Waals surface area contributed by atoms with Gasteiger partial charge in [-0.3, -0.25) is 14.2 Å². The molecule has 0 aliphatic heterocycles. The number of rotatable bonds is 7. The van der Waals surface area contributed by atoms with Gasteiger partial charge in [-0.1, -0.05) is 13.3 Å². The highest BCUT2D eigenvalue weighted by atomic mass is 32.1. The lowest BCUT2D eigenvalue weighted by Gasteiger charge is -2.13. The van der Waals surface area contributed by atoms with E-state index in [4.69, 9.17) is 9.72 Å². The number of methoxy groups -OCH3 is 1. The fraction of sp³-hybridized carbons (Fsp3) is 0.588. The molecular formula is C17H22N2O4S. The van der Waals surface area contributed by atoms with E-state index < -0.39 is 11.9 Å². The van der Waals surface area contributed by atoms with Crippen molar-refractivity contribution in [2.45, 2.75) is 51.5 Å². The summed E-state index contributed by atoms with van der Waals surface area (Å²) < 4.78 is 6.85. The lowest BCUT2D eigenvalue weighted by molar-refractivity contribution is -0.138. The topological polar surface area (TPSA) is 81.4 Å². The third-order valence-electron chi connectivity index (χ3n) is 4.58. The number of hydrogen-bond donors (Lipinski definition) is 1. The van der Waals surface area contributed by atoms with Crippen LogP contribution in [-0.2, 0) is 28.9 Å². The monoisotopic (exact) mass is 350 g/mol. The fourth-order valence-electron chi connectivity index (χ4n) is 3.34. The largest absolute Gasteiger partial charge is 0.481 e. The van der Waals surface area contributed by atoms with Gasteiger partial charge >= 0.3 is 5.97 Å². The molecule has 1 unspecified atom stereocenters. The molecule has 0 radical (unpaired) electrons. The lowest BCUT2D eigenvalue weighted by atomic mass is 10.0. The molecule has 0 saturated carbocycles. The summed E-state index contributed by atoms with van der Waals surface area (Å²) in [6.07, 6.45) is 3.74. The van der Waals surface area contributed by atoms with Gasteiger partial charge in [0.2, 0.25) is 0 Å². The van der Waals surface area contributed by atoms with Gasteiger partial charge < -0.3 is 9.84 Å². The standard InChI is InChI=1S/C17H22N2O4S/c1-3-4-8-19-12(7-9-23-2)18-15-14(16(19)20)13-10(17(21)22)5-6-11(13)24-15/h10H,3-9H2,1-2H3,(H,21,22). The molecule has 0 amide bonds. The summed E-state index contributed by atoms with van der Waals surface area (Å²) in [7, 11) is 1.63. The Labute approximate surface area is 144 Å². The summed E-state index contributed by atoms with van der Waals surface area (Å²) in [6, 6.07) is 0. The number of fused-ring (bicyclic) bond motifs is 3. The number of aryl methyl sites for hydroxylation is 1. The van der Waals surface area contributed by atoms with Crippen molar-refractivity contribution in [3.8, 4) is 0 Å². The molecule has 1 atom stereocenters. The van der Waals surface area contributed by atoms with Crippen LogP contribution >= 0.6 is 11.3 Å². The van der Waals surface area contributed by atoms with Gasteiger partial charge in [-0.25, -0.2) is 4.98 Å². The average molecular weight is 350 g/mol. The van der Waals surface area contributed by atoms with E-state index in [1.165, 1.54) is 11.3 Å². The van der Waals surface area contributed by atoms with Crippen molar-refractivity contribution >= 4 is 27.5 Å². The molecule has 6 nitrogen and oxygen atoms in total. The molecule has 0 saturated heterocycles. The van der Waals surface area contributed by atoms with E-state index in [1.807, 2.05) is 0 Å². The Balaban J connectivity index is 2.18. The van der Waals surface area contributed by atoms with E-state index in [0.29, 0.717) is 41.8 Å². The van der Waals surface area contributed by atoms with Crippen molar-refractivity contribution in [2.75, 3.05) is 13.7 Å². The first-order chi connectivity index (χ1) is 11.6. The van der Waals surface area contributed by atoms with Gasteiger partial charge in [0.1, 0.15) is 10.7 Å². The first-order valence-electron chi connectivity index (χ1n) is 8.35. The van der Waals surface area contributed by atoms with Gasteiger partial charge in [-0.2, -0.15) is 0 Å². The zero-order valence-corrected chi connectivity index (χ0v) is 14.8. The summed E-state index contributed by atoms with van der Waals surface area (Å²) in [5.74, 6) is -0.696. The zero-order chi connectivity index (χ0) is 17.3. The van der Waals surface area contributed by atoms with Crippen LogP contribution in [0.15, 0.2) is 4.79 Å². The Morgan fingerprint density at radius 3 is 2.96 bits per heavy atom. The molecule has 2 heterocycles. The molecule has 1 aliphatic rings. The maximum absolute atomic E-state index is 13.1. The number of carbonyl (C=O) groups is 1. The molecule has 0 aromatic carbocycles. The highest BCUT2D eigenvalue weighted by Gasteiger charge is 2.34. The second kappa shape index (κ2) is 7.03. The van der Waals surface area contributed by atoms with E-state index in [2.05, 4.69) is 6.92 Å². The van der Waals surface area contributed by atoms with Crippen molar-refractivity contribution in [3.05, 3.63) is 26.6 Å². The summed E-state index contributed by atoms with van der Waals surface area (Å²) in [6.45, 7) is 3.20. The Bertz CT molecular complexity index is 824. The first kappa shape index (κ1) is 17.1. The van der Waals surface area contributed by atoms with Gasteiger partial charge in [-0.05, 0) is 24.8 Å². The van der Waals surface area contributed by atoms with Crippen LogP contribution in [0.3, 0.4) is 0 Å². The number of unbranched alkanes of at least 4 members (excludes halogenated alkanes) is 1. The van der Waals surface area contributed by atoms with E-state index >= 15 is 0 Å². The van der Waals surface area contributed by atoms with Crippen molar-refractivity contribution in [2.24, 2.45) is 0 Å². The van der Waals surface area contributed by atoms with Gasteiger partial charge in [0.15, 0.2) is 0 Å². The molecule has 7 heteroatoms. The van der Waals surface area contributed by atoms with Gasteiger partial charge in [0, 0.05) is 25.0 Å². The van der Waals surface area contributed by atoms with Crippen LogP contribution in [-0.4, -0.2) is 34.3 Å². The van der Waals surface area contributed by atoms with E-state index in [0.717, 1.165) is 30.0 Å². The second-order valence-corrected chi connectivity index (χ2v) is 7.21. The van der Waals surface area contributed by atoms with Crippen molar-refractivity contribution in [1.29, 1.82) is 0 Å². The predicted molar refractivity (Wildman–Crippen MR) is 93.1 cm³/mol. The smallest absolute Gasteiger partial charge is 0.311 e. The van der Waals surface area contributed by atoms with E-state index in [-0.39, 0.29) is 5.56 Å². The van der Waals surface area contributed by atoms with Crippen LogP contribution < -0.4 is 5.56 Å². The third-order valence-corrected chi connectivity index (χ3v) is 5.74. The Hall–Kier alpha value is -1.73. The Morgan fingerprint density at radius 2 is 2.29 bits per heavy atom. The van der Waals surface area contributed by atoms with Gasteiger partial charge in [0.05, 0.1) is 17.9 Å². The molecular weight excluding hydrogens is 328 g/mol. The maximum Gasteiger partial charge on any atom is 0.311 e. The quantitative estimate of drug-likeness (QED) is 0.830. The normalized spacial score (nSPS) is 16.7. The first-order valence-corrected chi connectivity index (χ1v) is 9.16. The van der Waals surface area contributed by atoms with Crippen LogP contribution in [0.25, 0.3) is 10.2 Å². The molecule has 130 valence electrons. The molecule has 1 aliphatic carbocycles. The summed E-state index contributed by atoms with van der Waals surface area (Å²) in [5, 5.41) is 9.99. The molecule has 24 heavy (non-hydrogen) atoms. The number of ether oxygens (including phenoxy) is 1. The minimum absolute atomic E-state index is 0.0924. The van der Waals surface area contributed by atoms with Crippen molar-refractivity contribution < 1.29 is 14.6 Å². The van der Waals surface area contributed by atoms with E-state index in [1.54, 1.807) is 11.7 Å². The number of aliphatic carboxylic acids is 1. The molecule has 0 spiro atoms. The minimum Gasteiger partial charge on any atom is -0.481 e. The summed E-state index contributed by atoms with van der Waals surface area (Å²) >= 11 is 1.47. The number of hydrogen-bond acceptors (Lipinski definition) is 5. The van der Waals surface area contributed by atoms with Crippen molar-refractivity contribution in [3.63, 3.8) is 0 Å². The van der Waals surface area contributed by atoms with Crippen molar-refractivity contribution in [1.82, 2.24) is 9.55 Å². The molecule has 1 N–H and O–H groups in total. The molecule has 0 bridgehead atoms. The highest BCUT2D eigenvalue weighted by molar-refractivity contribution is 7.18. The number of carboxylic acids is 1. The fourth-order valence-corrected chi connectivity index (χ4v) is 4.60. The average Bonchev–Trinajstić information content (AvgIpc) is 3.10. The van der Waals surface area contributed by atoms with Gasteiger partial charge in [0.25, 0.3) is 5.56 Å². The summed E-state index contributed by atoms with van der Waals surface area (Å²) in [4.78, 5) is 31.0. The second-order valence-electron chi connectivity index (χ2n) is 6.13. The lowest BCUT2D eigenvalue weighted by Crippen LogP contribution is -2.27. The molecule has 3 rings (SSSR count). The SMILES string of the molecule is CCCCn1c(CCOC)nc2sc3c(c2c1=O)C(C(=O)O)CC3. The predicted octanol–water partition coefficient (Wildman–Crippen LogP) is 2.56. The van der Waals surface area contributed by atoms with Crippen LogP contribution in [0.1, 0.15) is 48.4 Å². The van der Waals surface area contributed by atoms with E-state index in [9.17, 15) is 14.7 Å². The maximum atomic E-state index is 13.1. The number of nitrogens with zero attached hydrogens (tertiary/aromatic N) is 2. The molecule has 0 fully saturated rings. The summed E-state index contributed by atoms with van der Waals surface area (Å²) in [5.41, 5.74) is 0.619. The molecule has 2 aromatic heterocycles. The van der Waals surface area contributed by atoms with Gasteiger partial charge in [-0.15, -0.1) is 11.3 Å². The van der Waals surface area contributed by atoms with Crippen LogP contribution in [0.5, 0.6) is 0 Å².